The number of aromatic nitrogens is 2. The molecule has 0 radical (unpaired) electrons. The van der Waals surface area contributed by atoms with E-state index in [4.69, 9.17) is 5.73 Å². The fourth-order valence-electron chi connectivity index (χ4n) is 1.72. The highest BCUT2D eigenvalue weighted by Crippen LogP contribution is 2.24. The molecule has 0 saturated carbocycles. The zero-order chi connectivity index (χ0) is 9.26. The minimum atomic E-state index is 0.401. The van der Waals surface area contributed by atoms with E-state index in [1.165, 1.54) is 24.4 Å². The van der Waals surface area contributed by atoms with E-state index in [-0.39, 0.29) is 0 Å². The average molecular weight is 198 g/mol. The van der Waals surface area contributed by atoms with Crippen molar-refractivity contribution in [1.82, 2.24) is 9.36 Å². The van der Waals surface area contributed by atoms with Crippen LogP contribution in [0, 0.1) is 5.92 Å². The summed E-state index contributed by atoms with van der Waals surface area (Å²) in [5, 5.41) is 0.976. The molecular weight excluding hydrogens is 184 g/mol. The van der Waals surface area contributed by atoms with Crippen molar-refractivity contribution in [3.8, 4) is 0 Å². The van der Waals surface area contributed by atoms with Gasteiger partial charge in [-0.2, -0.15) is 9.36 Å². The second kappa shape index (κ2) is 3.49. The van der Waals surface area contributed by atoms with Crippen LogP contribution in [0.3, 0.4) is 0 Å². The normalized spacial score (nSPS) is 23.5. The molecule has 1 aliphatic rings. The number of nitrogens with zero attached hydrogens (tertiary/aromatic N) is 3. The van der Waals surface area contributed by atoms with Crippen LogP contribution in [-0.2, 0) is 0 Å². The van der Waals surface area contributed by atoms with Gasteiger partial charge < -0.3 is 10.6 Å². The minimum Gasteiger partial charge on any atom is -0.367 e. The Labute approximate surface area is 81.9 Å². The van der Waals surface area contributed by atoms with Gasteiger partial charge in [0.25, 0.3) is 0 Å². The van der Waals surface area contributed by atoms with E-state index in [2.05, 4.69) is 21.2 Å². The molecule has 72 valence electrons. The Bertz CT molecular complexity index is 285. The second-order valence-electron chi connectivity index (χ2n) is 3.63. The molecule has 13 heavy (non-hydrogen) atoms. The van der Waals surface area contributed by atoms with Crippen molar-refractivity contribution in [2.24, 2.45) is 5.92 Å². The van der Waals surface area contributed by atoms with Crippen LogP contribution in [-0.4, -0.2) is 22.4 Å². The highest BCUT2D eigenvalue weighted by Gasteiger charge is 2.18. The maximum Gasteiger partial charge on any atom is 0.233 e. The number of nitrogen functional groups attached to an aromatic ring is 1. The number of nitrogens with two attached hydrogens (primary N) is 1. The van der Waals surface area contributed by atoms with Crippen molar-refractivity contribution in [2.45, 2.75) is 19.8 Å². The van der Waals surface area contributed by atoms with E-state index in [0.29, 0.717) is 5.95 Å². The van der Waals surface area contributed by atoms with Crippen molar-refractivity contribution in [3.63, 3.8) is 0 Å². The monoisotopic (exact) mass is 198 g/mol. The van der Waals surface area contributed by atoms with Gasteiger partial charge in [0, 0.05) is 24.6 Å². The molecule has 0 spiro atoms. The Balaban J connectivity index is 2.08. The van der Waals surface area contributed by atoms with E-state index in [1.807, 2.05) is 0 Å². The Morgan fingerprint density at radius 2 is 2.46 bits per heavy atom. The SMILES string of the molecule is CC1CCCN(c2nc(N)ns2)C1. The van der Waals surface area contributed by atoms with Crippen LogP contribution in [0.5, 0.6) is 0 Å². The Kier molecular flexibility index (Phi) is 2.35. The van der Waals surface area contributed by atoms with E-state index in [9.17, 15) is 0 Å². The predicted octanol–water partition coefficient (Wildman–Crippen LogP) is 1.36. The van der Waals surface area contributed by atoms with Crippen molar-refractivity contribution in [3.05, 3.63) is 0 Å². The maximum absolute atomic E-state index is 5.48. The fraction of sp³-hybridized carbons (Fsp3) is 0.750. The van der Waals surface area contributed by atoms with Gasteiger partial charge in [-0.25, -0.2) is 0 Å². The van der Waals surface area contributed by atoms with Crippen LogP contribution in [0.4, 0.5) is 11.1 Å². The van der Waals surface area contributed by atoms with E-state index < -0.39 is 0 Å². The third-order valence-electron chi connectivity index (χ3n) is 2.36. The van der Waals surface area contributed by atoms with Gasteiger partial charge in [0.1, 0.15) is 0 Å². The van der Waals surface area contributed by atoms with Gasteiger partial charge >= 0.3 is 0 Å². The molecule has 2 rings (SSSR count). The van der Waals surface area contributed by atoms with Gasteiger partial charge in [-0.1, -0.05) is 6.92 Å². The highest BCUT2D eigenvalue weighted by atomic mass is 32.1. The summed E-state index contributed by atoms with van der Waals surface area (Å²) in [6.45, 7) is 4.46. The van der Waals surface area contributed by atoms with Crippen LogP contribution in [0.15, 0.2) is 0 Å². The summed E-state index contributed by atoms with van der Waals surface area (Å²) in [5.41, 5.74) is 5.48. The standard InChI is InChI=1S/C8H14N4S/c1-6-3-2-4-12(5-6)8-10-7(9)11-13-8/h6H,2-5H2,1H3,(H2,9,11). The Hall–Kier alpha value is -0.840. The number of piperidine rings is 1. The lowest BCUT2D eigenvalue weighted by atomic mass is 10.0. The number of rotatable bonds is 1. The fourth-order valence-corrected chi connectivity index (χ4v) is 2.35. The third-order valence-corrected chi connectivity index (χ3v) is 3.15. The molecule has 1 aliphatic heterocycles. The van der Waals surface area contributed by atoms with Crippen LogP contribution < -0.4 is 10.6 Å². The molecule has 0 bridgehead atoms. The van der Waals surface area contributed by atoms with Gasteiger partial charge in [-0.3, -0.25) is 0 Å². The van der Waals surface area contributed by atoms with E-state index in [1.54, 1.807) is 0 Å². The summed E-state index contributed by atoms with van der Waals surface area (Å²) >= 11 is 1.40. The van der Waals surface area contributed by atoms with Crippen LogP contribution in [0.25, 0.3) is 0 Å². The zero-order valence-electron chi connectivity index (χ0n) is 7.73. The second-order valence-corrected chi connectivity index (χ2v) is 4.36. The van der Waals surface area contributed by atoms with Gasteiger partial charge in [0.2, 0.25) is 11.1 Å². The van der Waals surface area contributed by atoms with Gasteiger partial charge in [-0.15, -0.1) is 0 Å². The summed E-state index contributed by atoms with van der Waals surface area (Å²) in [6.07, 6.45) is 2.57. The molecule has 2 heterocycles. The summed E-state index contributed by atoms with van der Waals surface area (Å²) in [6, 6.07) is 0. The van der Waals surface area contributed by atoms with Gasteiger partial charge in [0.15, 0.2) is 0 Å². The lowest BCUT2D eigenvalue weighted by Crippen LogP contribution is -2.34. The van der Waals surface area contributed by atoms with E-state index >= 15 is 0 Å². The first-order valence-electron chi connectivity index (χ1n) is 4.60. The number of hydrogen-bond acceptors (Lipinski definition) is 5. The third kappa shape index (κ3) is 1.91. The van der Waals surface area contributed by atoms with E-state index in [0.717, 1.165) is 24.1 Å². The molecule has 1 saturated heterocycles. The van der Waals surface area contributed by atoms with Crippen LogP contribution in [0.2, 0.25) is 0 Å². The summed E-state index contributed by atoms with van der Waals surface area (Å²) in [7, 11) is 0. The molecule has 5 heteroatoms. The topological polar surface area (TPSA) is 55.0 Å². The van der Waals surface area contributed by atoms with Crippen molar-refractivity contribution >= 4 is 22.6 Å². The molecule has 1 fully saturated rings. The lowest BCUT2D eigenvalue weighted by molar-refractivity contribution is 0.446. The number of hydrogen-bond donors (Lipinski definition) is 1. The quantitative estimate of drug-likeness (QED) is 0.740. The molecular formula is C8H14N4S. The minimum absolute atomic E-state index is 0.401. The summed E-state index contributed by atoms with van der Waals surface area (Å²) in [5.74, 6) is 1.16. The highest BCUT2D eigenvalue weighted by molar-refractivity contribution is 7.09. The van der Waals surface area contributed by atoms with Crippen LogP contribution >= 0.6 is 11.5 Å². The first-order valence-corrected chi connectivity index (χ1v) is 5.37. The first kappa shape index (κ1) is 8.74. The summed E-state index contributed by atoms with van der Waals surface area (Å²) in [4.78, 5) is 6.46. The molecule has 1 unspecified atom stereocenters. The zero-order valence-corrected chi connectivity index (χ0v) is 8.55. The first-order chi connectivity index (χ1) is 6.25. The molecule has 1 aromatic heterocycles. The molecule has 0 aliphatic carbocycles. The molecule has 0 aromatic carbocycles. The molecule has 2 N–H and O–H groups in total. The average Bonchev–Trinajstić information content (AvgIpc) is 2.52. The molecule has 4 nitrogen and oxygen atoms in total. The Morgan fingerprint density at radius 1 is 1.62 bits per heavy atom. The molecule has 1 aromatic rings. The summed E-state index contributed by atoms with van der Waals surface area (Å²) < 4.78 is 3.98. The maximum atomic E-state index is 5.48. The van der Waals surface area contributed by atoms with Crippen molar-refractivity contribution < 1.29 is 0 Å². The largest absolute Gasteiger partial charge is 0.367 e. The lowest BCUT2D eigenvalue weighted by Gasteiger charge is -2.29. The predicted molar refractivity (Wildman–Crippen MR) is 54.9 cm³/mol. The van der Waals surface area contributed by atoms with Crippen molar-refractivity contribution in [2.75, 3.05) is 23.7 Å². The van der Waals surface area contributed by atoms with Crippen LogP contribution in [0.1, 0.15) is 19.8 Å². The molecule has 0 amide bonds. The number of anilines is 2. The molecule has 1 atom stereocenters. The smallest absolute Gasteiger partial charge is 0.233 e. The van der Waals surface area contributed by atoms with Gasteiger partial charge in [-0.05, 0) is 18.8 Å². The van der Waals surface area contributed by atoms with Crippen molar-refractivity contribution in [1.29, 1.82) is 0 Å². The Morgan fingerprint density at radius 3 is 3.08 bits per heavy atom. The van der Waals surface area contributed by atoms with Gasteiger partial charge in [0.05, 0.1) is 0 Å².